The first-order chi connectivity index (χ1) is 14.8. The van der Waals surface area contributed by atoms with Crippen LogP contribution in [0.25, 0.3) is 0 Å². The van der Waals surface area contributed by atoms with Crippen molar-refractivity contribution in [1.29, 1.82) is 0 Å². The summed E-state index contributed by atoms with van der Waals surface area (Å²) >= 11 is 0. The average Bonchev–Trinajstić information content (AvgIpc) is 3.11. The van der Waals surface area contributed by atoms with Crippen LogP contribution in [0.1, 0.15) is 84.3 Å². The van der Waals surface area contributed by atoms with Gasteiger partial charge in [-0.3, -0.25) is 4.79 Å². The van der Waals surface area contributed by atoms with Crippen LogP contribution in [0, 0.1) is 52.3 Å². The lowest BCUT2D eigenvalue weighted by Gasteiger charge is -2.61. The lowest BCUT2D eigenvalue weighted by atomic mass is 9.44. The maximum absolute atomic E-state index is 12.3. The van der Waals surface area contributed by atoms with Crippen LogP contribution in [-0.2, 0) is 4.79 Å². The lowest BCUT2D eigenvalue weighted by Crippen LogP contribution is -2.56. The molecule has 0 spiro atoms. The summed E-state index contributed by atoms with van der Waals surface area (Å²) in [5.74, 6) is 9.78. The molecule has 3 nitrogen and oxygen atoms in total. The van der Waals surface area contributed by atoms with Gasteiger partial charge in [-0.25, -0.2) is 4.98 Å². The highest BCUT2D eigenvalue weighted by Gasteiger charge is 2.61. The zero-order chi connectivity index (χ0) is 21.9. The first kappa shape index (κ1) is 21.2. The molecule has 2 unspecified atom stereocenters. The molecular formula is C28H37NO2. The Kier molecular flexibility index (Phi) is 5.09. The fourth-order valence-electron chi connectivity index (χ4n) is 8.64. The van der Waals surface area contributed by atoms with Crippen molar-refractivity contribution < 1.29 is 9.90 Å². The van der Waals surface area contributed by atoms with Crippen LogP contribution in [0.4, 0.5) is 0 Å². The molecule has 4 aliphatic rings. The number of carbonyl (C=O) groups is 1. The molecule has 0 aromatic carbocycles. The third-order valence-electron chi connectivity index (χ3n) is 10.3. The fraction of sp³-hybridized carbons (Fsp3) is 0.714. The minimum absolute atomic E-state index is 0.222. The van der Waals surface area contributed by atoms with Gasteiger partial charge < -0.3 is 5.11 Å². The van der Waals surface area contributed by atoms with Crippen molar-refractivity contribution in [3.05, 3.63) is 30.1 Å². The van der Waals surface area contributed by atoms with Gasteiger partial charge in [0.15, 0.2) is 0 Å². The van der Waals surface area contributed by atoms with Gasteiger partial charge in [0.05, 0.1) is 0 Å². The van der Waals surface area contributed by atoms with Crippen LogP contribution in [0.3, 0.4) is 0 Å². The van der Waals surface area contributed by atoms with Crippen LogP contribution in [-0.4, -0.2) is 21.5 Å². The number of fused-ring (bicyclic) bond motifs is 5. The highest BCUT2D eigenvalue weighted by Crippen LogP contribution is 2.68. The second-order valence-corrected chi connectivity index (χ2v) is 11.6. The van der Waals surface area contributed by atoms with E-state index in [2.05, 4.69) is 30.7 Å². The molecule has 4 aliphatic carbocycles. The number of nitrogens with zero attached hydrogens (tertiary/aromatic N) is 1. The first-order valence-electron chi connectivity index (χ1n) is 12.4. The zero-order valence-corrected chi connectivity index (χ0v) is 19.4. The molecule has 0 saturated heterocycles. The largest absolute Gasteiger partial charge is 0.378 e. The number of Topliss-reactive ketones (excluding diaryl/α,β-unsaturated/α-hetero) is 1. The minimum atomic E-state index is -0.884. The van der Waals surface area contributed by atoms with Crippen LogP contribution >= 0.6 is 0 Å². The Morgan fingerprint density at radius 2 is 1.84 bits per heavy atom. The fourth-order valence-corrected chi connectivity index (χ4v) is 8.64. The van der Waals surface area contributed by atoms with E-state index >= 15 is 0 Å². The first-order valence-corrected chi connectivity index (χ1v) is 12.4. The number of ketones is 1. The third kappa shape index (κ3) is 3.37. The number of hydrogen-bond donors (Lipinski definition) is 1. The van der Waals surface area contributed by atoms with E-state index in [-0.39, 0.29) is 11.3 Å². The predicted molar refractivity (Wildman–Crippen MR) is 122 cm³/mol. The van der Waals surface area contributed by atoms with Gasteiger partial charge >= 0.3 is 0 Å². The maximum Gasteiger partial charge on any atom is 0.133 e. The van der Waals surface area contributed by atoms with Crippen molar-refractivity contribution in [2.45, 2.75) is 84.2 Å². The van der Waals surface area contributed by atoms with Crippen molar-refractivity contribution in [1.82, 2.24) is 4.98 Å². The summed E-state index contributed by atoms with van der Waals surface area (Å²) in [7, 11) is 0. The lowest BCUT2D eigenvalue weighted by molar-refractivity contribution is -0.144. The van der Waals surface area contributed by atoms with Crippen LogP contribution in [0.15, 0.2) is 24.4 Å². The van der Waals surface area contributed by atoms with E-state index in [1.807, 2.05) is 25.1 Å². The number of rotatable bonds is 1. The van der Waals surface area contributed by atoms with Crippen molar-refractivity contribution in [2.24, 2.45) is 40.4 Å². The molecule has 1 heterocycles. The molecule has 1 aromatic heterocycles. The van der Waals surface area contributed by atoms with E-state index in [1.165, 1.54) is 32.1 Å². The van der Waals surface area contributed by atoms with E-state index in [0.29, 0.717) is 23.0 Å². The highest BCUT2D eigenvalue weighted by atomic mass is 16.3. The molecule has 31 heavy (non-hydrogen) atoms. The highest BCUT2D eigenvalue weighted by molar-refractivity contribution is 5.79. The van der Waals surface area contributed by atoms with Crippen LogP contribution < -0.4 is 0 Å². The summed E-state index contributed by atoms with van der Waals surface area (Å²) < 4.78 is 0. The van der Waals surface area contributed by atoms with E-state index < -0.39 is 5.60 Å². The quantitative estimate of drug-likeness (QED) is 0.619. The van der Waals surface area contributed by atoms with E-state index in [1.54, 1.807) is 6.20 Å². The topological polar surface area (TPSA) is 50.2 Å². The number of carbonyl (C=O) groups excluding carboxylic acids is 1. The Morgan fingerprint density at radius 1 is 1.03 bits per heavy atom. The molecule has 0 aliphatic heterocycles. The Hall–Kier alpha value is -1.66. The molecule has 166 valence electrons. The minimum Gasteiger partial charge on any atom is -0.378 e. The molecule has 0 radical (unpaired) electrons. The Labute approximate surface area is 187 Å². The zero-order valence-electron chi connectivity index (χ0n) is 19.4. The van der Waals surface area contributed by atoms with E-state index in [9.17, 15) is 9.90 Å². The van der Waals surface area contributed by atoms with Gasteiger partial charge in [0.2, 0.25) is 0 Å². The number of hydrogen-bond acceptors (Lipinski definition) is 3. The van der Waals surface area contributed by atoms with Crippen LogP contribution in [0.5, 0.6) is 0 Å². The van der Waals surface area contributed by atoms with Gasteiger partial charge in [0, 0.05) is 12.1 Å². The Bertz CT molecular complexity index is 916. The summed E-state index contributed by atoms with van der Waals surface area (Å²) in [6, 6.07) is 5.74. The second kappa shape index (κ2) is 7.45. The smallest absolute Gasteiger partial charge is 0.133 e. The van der Waals surface area contributed by atoms with Gasteiger partial charge in [-0.05, 0) is 117 Å². The van der Waals surface area contributed by atoms with Crippen molar-refractivity contribution in [2.75, 3.05) is 0 Å². The van der Waals surface area contributed by atoms with Gasteiger partial charge in [0.25, 0.3) is 0 Å². The van der Waals surface area contributed by atoms with Crippen molar-refractivity contribution in [3.8, 4) is 11.8 Å². The van der Waals surface area contributed by atoms with E-state index in [0.717, 1.165) is 43.2 Å². The number of pyridine rings is 1. The SMILES string of the molecule is CC(=O)[C@H]1CC[C@H]2[C@@H]3CCC4CC(O)(C#Cc5ccccn5)CC[C@]4(C)[C@H]3CC[C@]12C. The molecule has 0 bridgehead atoms. The Balaban J connectivity index is 1.35. The summed E-state index contributed by atoms with van der Waals surface area (Å²) in [5.41, 5.74) is 0.378. The monoisotopic (exact) mass is 419 g/mol. The molecule has 8 atom stereocenters. The standard InChI is InChI=1S/C28H37NO2/c1-19(30)23-9-10-24-22-8-7-20-18-28(31,14-11-21-6-4-5-17-29-21)16-15-26(20,2)25(22)12-13-27(23,24)3/h4-6,17,20,22-25,31H,7-10,12-13,15-16,18H2,1-3H3/t20?,22-,23+,24-,25-,26-,27+,28?/m0/s1. The average molecular weight is 420 g/mol. The summed E-state index contributed by atoms with van der Waals surface area (Å²) in [5, 5.41) is 11.3. The van der Waals surface area contributed by atoms with Gasteiger partial charge in [-0.15, -0.1) is 0 Å². The van der Waals surface area contributed by atoms with Crippen LogP contribution in [0.2, 0.25) is 0 Å². The molecular weight excluding hydrogens is 382 g/mol. The molecule has 4 fully saturated rings. The molecule has 0 amide bonds. The Morgan fingerprint density at radius 3 is 2.58 bits per heavy atom. The van der Waals surface area contributed by atoms with Gasteiger partial charge in [-0.1, -0.05) is 25.8 Å². The molecule has 5 rings (SSSR count). The van der Waals surface area contributed by atoms with E-state index in [4.69, 9.17) is 0 Å². The molecule has 4 saturated carbocycles. The second-order valence-electron chi connectivity index (χ2n) is 11.6. The third-order valence-corrected chi connectivity index (χ3v) is 10.3. The van der Waals surface area contributed by atoms with Crippen molar-refractivity contribution in [3.63, 3.8) is 0 Å². The summed E-state index contributed by atoms with van der Waals surface area (Å²) in [4.78, 5) is 16.6. The van der Waals surface area contributed by atoms with Gasteiger partial charge in [0.1, 0.15) is 17.1 Å². The maximum atomic E-state index is 12.3. The molecule has 1 N–H and O–H groups in total. The van der Waals surface area contributed by atoms with Crippen molar-refractivity contribution >= 4 is 5.78 Å². The summed E-state index contributed by atoms with van der Waals surface area (Å²) in [6.45, 7) is 6.76. The molecule has 3 heteroatoms. The van der Waals surface area contributed by atoms with Gasteiger partial charge in [-0.2, -0.15) is 0 Å². The number of aliphatic hydroxyl groups is 1. The predicted octanol–water partition coefficient (Wildman–Crippen LogP) is 5.41. The normalized spacial score (nSPS) is 46.1. The summed E-state index contributed by atoms with van der Waals surface area (Å²) in [6.07, 6.45) is 11.6. The molecule has 1 aromatic rings. The number of aromatic nitrogens is 1.